The Morgan fingerprint density at radius 1 is 0.912 bits per heavy atom. The van der Waals surface area contributed by atoms with Crippen molar-refractivity contribution < 1.29 is 9.59 Å². The lowest BCUT2D eigenvalue weighted by atomic mass is 10.0. The van der Waals surface area contributed by atoms with E-state index in [0.717, 1.165) is 31.6 Å². The molecule has 0 aliphatic rings. The Balaban J connectivity index is 2.23. The second-order valence-corrected chi connectivity index (χ2v) is 9.43. The molecule has 0 N–H and O–H groups in total. The molecule has 2 aromatic carbocycles. The molecule has 182 valence electrons. The molecule has 2 aromatic rings. The van der Waals surface area contributed by atoms with Crippen LogP contribution in [-0.4, -0.2) is 64.8 Å². The third-order valence-electron chi connectivity index (χ3n) is 5.97. The van der Waals surface area contributed by atoms with Crippen molar-refractivity contribution in [3.8, 4) is 6.07 Å². The van der Waals surface area contributed by atoms with Crippen LogP contribution in [0.15, 0.2) is 54.6 Å². The van der Waals surface area contributed by atoms with E-state index in [1.807, 2.05) is 56.0 Å². The fraction of sp³-hybridized carbons (Fsp3) is 0.464. The summed E-state index contributed by atoms with van der Waals surface area (Å²) in [6.07, 6.45) is 0.783. The smallest absolute Gasteiger partial charge is 0.254 e. The molecule has 2 amide bonds. The minimum atomic E-state index is -0.392. The van der Waals surface area contributed by atoms with E-state index in [1.54, 1.807) is 29.2 Å². The molecule has 0 unspecified atom stereocenters. The molecule has 0 radical (unpaired) electrons. The highest BCUT2D eigenvalue weighted by Crippen LogP contribution is 2.19. The maximum Gasteiger partial charge on any atom is 0.254 e. The molecule has 6 heteroatoms. The minimum absolute atomic E-state index is 0.0151. The molecule has 0 atom stereocenters. The highest BCUT2D eigenvalue weighted by Gasteiger charge is 2.29. The van der Waals surface area contributed by atoms with Crippen molar-refractivity contribution >= 4 is 11.8 Å². The predicted octanol–water partition coefficient (Wildman–Crippen LogP) is 4.56. The van der Waals surface area contributed by atoms with E-state index >= 15 is 0 Å². The van der Waals surface area contributed by atoms with Gasteiger partial charge in [-0.3, -0.25) is 9.59 Å². The van der Waals surface area contributed by atoms with Gasteiger partial charge in [0.1, 0.15) is 6.54 Å². The van der Waals surface area contributed by atoms with Crippen LogP contribution in [0.3, 0.4) is 0 Å². The standard InChI is InChI=1S/C28H38N4O2/c1-6-30(7-2)18-11-19-31(27(34)25-16-14-23(20-29)15-17-25)22-26(33)32(28(3,4)5)21-24-12-9-8-10-13-24/h8-10,12-17H,6-7,11,18-19,21-22H2,1-5H3. The van der Waals surface area contributed by atoms with Crippen molar-refractivity contribution in [1.82, 2.24) is 14.7 Å². The molecule has 0 spiro atoms. The van der Waals surface area contributed by atoms with E-state index in [0.29, 0.717) is 24.2 Å². The number of amides is 2. The maximum atomic E-state index is 13.5. The number of rotatable bonds is 11. The van der Waals surface area contributed by atoms with Gasteiger partial charge in [0, 0.05) is 24.2 Å². The Morgan fingerprint density at radius 3 is 2.06 bits per heavy atom. The van der Waals surface area contributed by atoms with Crippen LogP contribution in [0, 0.1) is 11.3 Å². The van der Waals surface area contributed by atoms with E-state index in [1.165, 1.54) is 0 Å². The number of hydrogen-bond donors (Lipinski definition) is 0. The first-order chi connectivity index (χ1) is 16.2. The summed E-state index contributed by atoms with van der Waals surface area (Å²) >= 11 is 0. The van der Waals surface area contributed by atoms with Crippen LogP contribution in [0.1, 0.15) is 62.5 Å². The van der Waals surface area contributed by atoms with Gasteiger partial charge in [-0.2, -0.15) is 5.26 Å². The Bertz CT molecular complexity index is 955. The van der Waals surface area contributed by atoms with Crippen molar-refractivity contribution in [1.29, 1.82) is 5.26 Å². The van der Waals surface area contributed by atoms with E-state index in [9.17, 15) is 9.59 Å². The first kappa shape index (κ1) is 27.1. The zero-order valence-electron chi connectivity index (χ0n) is 21.3. The molecule has 34 heavy (non-hydrogen) atoms. The van der Waals surface area contributed by atoms with Crippen LogP contribution >= 0.6 is 0 Å². The van der Waals surface area contributed by atoms with Crippen molar-refractivity contribution in [3.05, 3.63) is 71.3 Å². The van der Waals surface area contributed by atoms with Crippen LogP contribution in [-0.2, 0) is 11.3 Å². The third kappa shape index (κ3) is 8.00. The average molecular weight is 463 g/mol. The first-order valence-electron chi connectivity index (χ1n) is 12.1. The molecule has 0 saturated heterocycles. The summed E-state index contributed by atoms with van der Waals surface area (Å²) in [5, 5.41) is 9.07. The molecule has 6 nitrogen and oxygen atoms in total. The summed E-state index contributed by atoms with van der Waals surface area (Å²) in [4.78, 5) is 32.7. The van der Waals surface area contributed by atoms with Gasteiger partial charge in [-0.15, -0.1) is 0 Å². The molecule has 0 fully saturated rings. The first-order valence-corrected chi connectivity index (χ1v) is 12.1. The number of hydrogen-bond acceptors (Lipinski definition) is 4. The summed E-state index contributed by atoms with van der Waals surface area (Å²) in [7, 11) is 0. The van der Waals surface area contributed by atoms with Gasteiger partial charge in [-0.05, 0) is 76.7 Å². The van der Waals surface area contributed by atoms with Crippen LogP contribution < -0.4 is 0 Å². The van der Waals surface area contributed by atoms with E-state index < -0.39 is 5.54 Å². The summed E-state index contributed by atoms with van der Waals surface area (Å²) in [6, 6.07) is 18.6. The highest BCUT2D eigenvalue weighted by molar-refractivity contribution is 5.96. The van der Waals surface area contributed by atoms with Gasteiger partial charge in [0.25, 0.3) is 5.91 Å². The Kier molecular flexibility index (Phi) is 10.3. The molecular formula is C28H38N4O2. The lowest BCUT2D eigenvalue weighted by Gasteiger charge is -2.37. The predicted molar refractivity (Wildman–Crippen MR) is 136 cm³/mol. The van der Waals surface area contributed by atoms with Crippen molar-refractivity contribution in [2.75, 3.05) is 32.7 Å². The monoisotopic (exact) mass is 462 g/mol. The maximum absolute atomic E-state index is 13.5. The Hall–Kier alpha value is -3.17. The van der Waals surface area contributed by atoms with Gasteiger partial charge in [0.15, 0.2) is 0 Å². The average Bonchev–Trinajstić information content (AvgIpc) is 2.84. The second kappa shape index (κ2) is 12.9. The van der Waals surface area contributed by atoms with Crippen molar-refractivity contribution in [3.63, 3.8) is 0 Å². The lowest BCUT2D eigenvalue weighted by molar-refractivity contribution is -0.137. The van der Waals surface area contributed by atoms with Gasteiger partial charge >= 0.3 is 0 Å². The quantitative estimate of drug-likeness (QED) is 0.491. The fourth-order valence-electron chi connectivity index (χ4n) is 3.86. The zero-order valence-corrected chi connectivity index (χ0v) is 21.3. The SMILES string of the molecule is CCN(CC)CCCN(CC(=O)N(Cc1ccccc1)C(C)(C)C)C(=O)c1ccc(C#N)cc1. The summed E-state index contributed by atoms with van der Waals surface area (Å²) in [5.74, 6) is -0.271. The Morgan fingerprint density at radius 2 is 1.53 bits per heavy atom. The van der Waals surface area contributed by atoms with Crippen LogP contribution in [0.2, 0.25) is 0 Å². The normalized spacial score (nSPS) is 11.2. The van der Waals surface area contributed by atoms with E-state index in [4.69, 9.17) is 5.26 Å². The zero-order chi connectivity index (χ0) is 25.1. The number of carbonyl (C=O) groups excluding carboxylic acids is 2. The number of carbonyl (C=O) groups is 2. The number of nitrogens with zero attached hydrogens (tertiary/aromatic N) is 4. The summed E-state index contributed by atoms with van der Waals surface area (Å²) < 4.78 is 0. The highest BCUT2D eigenvalue weighted by atomic mass is 16.2. The van der Waals surface area contributed by atoms with Crippen LogP contribution in [0.4, 0.5) is 0 Å². The molecule has 0 saturated carbocycles. The van der Waals surface area contributed by atoms with Crippen LogP contribution in [0.25, 0.3) is 0 Å². The van der Waals surface area contributed by atoms with Crippen molar-refractivity contribution in [2.45, 2.75) is 53.1 Å². The minimum Gasteiger partial charge on any atom is -0.332 e. The van der Waals surface area contributed by atoms with E-state index in [-0.39, 0.29) is 18.4 Å². The van der Waals surface area contributed by atoms with Gasteiger partial charge in [-0.25, -0.2) is 0 Å². The third-order valence-corrected chi connectivity index (χ3v) is 5.97. The summed E-state index contributed by atoms with van der Waals surface area (Å²) in [5.41, 5.74) is 1.65. The molecule has 0 aromatic heterocycles. The molecule has 0 heterocycles. The van der Waals surface area contributed by atoms with Crippen LogP contribution in [0.5, 0.6) is 0 Å². The topological polar surface area (TPSA) is 67.7 Å². The molecule has 2 rings (SSSR count). The largest absolute Gasteiger partial charge is 0.332 e. The van der Waals surface area contributed by atoms with Gasteiger partial charge in [0.05, 0.1) is 11.6 Å². The fourth-order valence-corrected chi connectivity index (χ4v) is 3.86. The second-order valence-electron chi connectivity index (χ2n) is 9.43. The van der Waals surface area contributed by atoms with Gasteiger partial charge < -0.3 is 14.7 Å². The van der Waals surface area contributed by atoms with Gasteiger partial charge in [0.2, 0.25) is 5.91 Å². The molecule has 0 aliphatic carbocycles. The Labute approximate surface area is 204 Å². The lowest BCUT2D eigenvalue weighted by Crippen LogP contribution is -2.50. The molecule has 0 bridgehead atoms. The number of nitriles is 1. The summed E-state index contributed by atoms with van der Waals surface area (Å²) in [6.45, 7) is 14.1. The number of benzene rings is 2. The van der Waals surface area contributed by atoms with E-state index in [2.05, 4.69) is 24.8 Å². The molecular weight excluding hydrogens is 424 g/mol. The van der Waals surface area contributed by atoms with Gasteiger partial charge in [-0.1, -0.05) is 44.2 Å². The molecule has 0 aliphatic heterocycles. The van der Waals surface area contributed by atoms with Crippen molar-refractivity contribution in [2.24, 2.45) is 0 Å².